The zero-order chi connectivity index (χ0) is 50.2. The number of carboxylic acids is 2. The van der Waals surface area contributed by atoms with Gasteiger partial charge in [0.25, 0.3) is 0 Å². The Morgan fingerprint density at radius 3 is 1.84 bits per heavy atom. The number of hydrogen-bond donors (Lipinski definition) is 14. The second-order valence-corrected chi connectivity index (χ2v) is 17.8. The highest BCUT2D eigenvalue weighted by Crippen LogP contribution is 2.24. The maximum atomic E-state index is 13.6. The van der Waals surface area contributed by atoms with Crippen molar-refractivity contribution in [3.63, 3.8) is 0 Å². The lowest BCUT2D eigenvalue weighted by Crippen LogP contribution is -2.58. The topological polar surface area (TPSA) is 461 Å². The van der Waals surface area contributed by atoms with Crippen molar-refractivity contribution in [1.82, 2.24) is 47.4 Å². The van der Waals surface area contributed by atoms with Crippen molar-refractivity contribution in [2.24, 2.45) is 27.9 Å². The lowest BCUT2D eigenvalue weighted by molar-refractivity contribution is -0.143. The standard InChI is InChI=1S/C37H60N14O14S2/c1-18(52)45-24-17-67-66-16-23(30(39)59)50-34(63)22(13-29(57)58)49-36(65)25-8-5-11-51(25)27(54)15-44-32(61)19(6-2-3-9-38)47-33(62)21(12-28(55)56)46-26(53)14-43-31(60)20(48-35(24)64)7-4-10-42-37(40)41/h19-25H,2-17,38H2,1H3,(H2,39,59)(H,43,60)(H,44,61)(H,45,52)(H,46,53)(H,47,62)(H,48,64)(H,49,65)(H,50,63)(H,55,56)(H,57,58)(H4,40,41,42)/t19-,20-,21-,22-,23-,24-,25-/m0/s1. The number of carboxylic acid groups (broad SMARTS) is 2. The Labute approximate surface area is 391 Å². The average Bonchev–Trinajstić information content (AvgIpc) is 3.75. The molecule has 18 N–H and O–H groups in total. The Morgan fingerprint density at radius 2 is 1.25 bits per heavy atom. The van der Waals surface area contributed by atoms with E-state index in [0.717, 1.165) is 33.4 Å². The number of fused-ring (bicyclic) bond motifs is 1. The van der Waals surface area contributed by atoms with E-state index in [1.54, 1.807) is 0 Å². The van der Waals surface area contributed by atoms with Gasteiger partial charge in [0.05, 0.1) is 25.9 Å². The van der Waals surface area contributed by atoms with Crippen molar-refractivity contribution in [2.75, 3.05) is 44.2 Å². The van der Waals surface area contributed by atoms with E-state index in [-0.39, 0.29) is 69.2 Å². The van der Waals surface area contributed by atoms with Crippen LogP contribution in [0.2, 0.25) is 0 Å². The number of unbranched alkanes of at least 4 members (excludes halogenated alkanes) is 1. The molecule has 0 aromatic carbocycles. The molecular formula is C37H60N14O14S2. The molecule has 0 bridgehead atoms. The molecule has 0 aromatic rings. The van der Waals surface area contributed by atoms with E-state index in [1.165, 1.54) is 0 Å². The Morgan fingerprint density at radius 1 is 0.701 bits per heavy atom. The molecule has 2 saturated heterocycles. The van der Waals surface area contributed by atoms with Gasteiger partial charge in [-0.05, 0) is 51.5 Å². The largest absolute Gasteiger partial charge is 0.481 e. The summed E-state index contributed by atoms with van der Waals surface area (Å²) in [5.74, 6) is -13.1. The predicted octanol–water partition coefficient (Wildman–Crippen LogP) is -6.85. The lowest BCUT2D eigenvalue weighted by atomic mass is 10.1. The first-order valence-electron chi connectivity index (χ1n) is 21.0. The number of amides is 10. The third kappa shape index (κ3) is 21.2. The number of carbonyl (C=O) groups is 12. The Hall–Kier alpha value is -6.43. The van der Waals surface area contributed by atoms with Crippen LogP contribution in [0.5, 0.6) is 0 Å². The van der Waals surface area contributed by atoms with Crippen molar-refractivity contribution >= 4 is 98.6 Å². The van der Waals surface area contributed by atoms with Crippen molar-refractivity contribution in [3.05, 3.63) is 0 Å². The number of aliphatic carboxylic acids is 2. The summed E-state index contributed by atoms with van der Waals surface area (Å²) in [7, 11) is 1.84. The molecule has 30 heteroatoms. The number of nitrogens with two attached hydrogens (primary N) is 4. The molecule has 67 heavy (non-hydrogen) atoms. The number of rotatable bonds is 14. The van der Waals surface area contributed by atoms with Gasteiger partial charge >= 0.3 is 11.9 Å². The number of aliphatic imine (C=N–C) groups is 1. The summed E-state index contributed by atoms with van der Waals surface area (Å²) in [5, 5.41) is 38.0. The van der Waals surface area contributed by atoms with Gasteiger partial charge in [0.2, 0.25) is 59.1 Å². The Balaban J connectivity index is 2.54. The maximum absolute atomic E-state index is 13.6. The minimum Gasteiger partial charge on any atom is -0.481 e. The van der Waals surface area contributed by atoms with Gasteiger partial charge in [-0.15, -0.1) is 0 Å². The van der Waals surface area contributed by atoms with Gasteiger partial charge in [-0.1, -0.05) is 21.6 Å². The van der Waals surface area contributed by atoms with Crippen molar-refractivity contribution in [2.45, 2.75) is 107 Å². The second kappa shape index (κ2) is 29.3. The van der Waals surface area contributed by atoms with Gasteiger partial charge < -0.3 is 80.6 Å². The van der Waals surface area contributed by atoms with Crippen LogP contribution < -0.4 is 65.5 Å². The van der Waals surface area contributed by atoms with Crippen LogP contribution in [0.15, 0.2) is 4.99 Å². The number of primary amides is 1. The van der Waals surface area contributed by atoms with Crippen LogP contribution in [0.25, 0.3) is 0 Å². The molecule has 0 radical (unpaired) electrons. The first-order valence-corrected chi connectivity index (χ1v) is 23.5. The first-order chi connectivity index (χ1) is 31.6. The maximum Gasteiger partial charge on any atom is 0.305 e. The van der Waals surface area contributed by atoms with E-state index in [1.807, 2.05) is 0 Å². The fourth-order valence-corrected chi connectivity index (χ4v) is 8.84. The van der Waals surface area contributed by atoms with Gasteiger partial charge in [0.1, 0.15) is 42.3 Å². The third-order valence-corrected chi connectivity index (χ3v) is 12.2. The van der Waals surface area contributed by atoms with Gasteiger partial charge in [0.15, 0.2) is 5.96 Å². The van der Waals surface area contributed by atoms with Crippen LogP contribution in [0.1, 0.15) is 64.7 Å². The molecule has 0 spiro atoms. The predicted molar refractivity (Wildman–Crippen MR) is 239 cm³/mol. The molecule has 2 aliphatic heterocycles. The molecule has 0 saturated carbocycles. The van der Waals surface area contributed by atoms with Gasteiger partial charge in [-0.25, -0.2) is 0 Å². The minimum absolute atomic E-state index is 0.0115. The van der Waals surface area contributed by atoms with E-state index in [2.05, 4.69) is 47.5 Å². The minimum atomic E-state index is -1.79. The van der Waals surface area contributed by atoms with Crippen LogP contribution in [0.4, 0.5) is 0 Å². The molecule has 2 fully saturated rings. The SMILES string of the molecule is CC(=O)N[C@H]1CSSC[C@@H](C(N)=O)NC(=O)[C@H](CC(=O)O)NC(=O)[C@@H]2CCCN2C(=O)CNC(=O)[C@H](CCCCN)NC(=O)[C@H](CC(=O)O)NC(=O)CNC(=O)[C@H](CCCN=C(N)N)NC1=O. The average molecular weight is 989 g/mol. The number of carbonyl (C=O) groups excluding carboxylic acids is 10. The number of hydrogen-bond acceptors (Lipinski definition) is 16. The summed E-state index contributed by atoms with van der Waals surface area (Å²) in [6.07, 6.45) is -0.920. The highest BCUT2D eigenvalue weighted by molar-refractivity contribution is 8.76. The highest BCUT2D eigenvalue weighted by Gasteiger charge is 2.38. The molecule has 7 atom stereocenters. The van der Waals surface area contributed by atoms with Crippen LogP contribution in [0.3, 0.4) is 0 Å². The van der Waals surface area contributed by atoms with Crippen LogP contribution in [-0.4, -0.2) is 179 Å². The summed E-state index contributed by atoms with van der Waals surface area (Å²) in [6.45, 7) is -0.172. The fourth-order valence-electron chi connectivity index (χ4n) is 6.50. The number of guanidine groups is 1. The number of nitrogens with one attached hydrogen (secondary N) is 8. The van der Waals surface area contributed by atoms with Gasteiger partial charge in [0, 0.05) is 31.5 Å². The summed E-state index contributed by atoms with van der Waals surface area (Å²) in [4.78, 5) is 160. The van der Waals surface area contributed by atoms with Crippen LogP contribution in [0, 0.1) is 0 Å². The summed E-state index contributed by atoms with van der Waals surface area (Å²) in [6, 6.07) is -10.3. The summed E-state index contributed by atoms with van der Waals surface area (Å²) < 4.78 is 0. The highest BCUT2D eigenvalue weighted by atomic mass is 33.1. The van der Waals surface area contributed by atoms with E-state index in [9.17, 15) is 67.7 Å². The van der Waals surface area contributed by atoms with Crippen molar-refractivity contribution < 1.29 is 67.7 Å². The fraction of sp³-hybridized carbons (Fsp3) is 0.649. The molecule has 2 aliphatic rings. The zero-order valence-corrected chi connectivity index (χ0v) is 38.3. The van der Waals surface area contributed by atoms with E-state index in [0.29, 0.717) is 12.8 Å². The first kappa shape index (κ1) is 56.7. The molecule has 374 valence electrons. The molecule has 2 heterocycles. The van der Waals surface area contributed by atoms with Crippen LogP contribution in [-0.2, 0) is 57.5 Å². The van der Waals surface area contributed by atoms with Crippen molar-refractivity contribution in [1.29, 1.82) is 0 Å². The molecule has 0 unspecified atom stereocenters. The Bertz CT molecular complexity index is 1870. The van der Waals surface area contributed by atoms with Gasteiger partial charge in [-0.3, -0.25) is 62.5 Å². The van der Waals surface area contributed by atoms with Crippen LogP contribution >= 0.6 is 21.6 Å². The van der Waals surface area contributed by atoms with Crippen molar-refractivity contribution in [3.8, 4) is 0 Å². The monoisotopic (exact) mass is 988 g/mol. The normalized spacial score (nSPS) is 24.8. The zero-order valence-electron chi connectivity index (χ0n) is 36.7. The third-order valence-electron chi connectivity index (χ3n) is 9.82. The van der Waals surface area contributed by atoms with E-state index < -0.39 is 139 Å². The Kier molecular flexibility index (Phi) is 24.8. The summed E-state index contributed by atoms with van der Waals surface area (Å²) >= 11 is 0. The second-order valence-electron chi connectivity index (χ2n) is 15.2. The molecular weight excluding hydrogens is 929 g/mol. The van der Waals surface area contributed by atoms with E-state index in [4.69, 9.17) is 22.9 Å². The van der Waals surface area contributed by atoms with Gasteiger partial charge in [-0.2, -0.15) is 0 Å². The summed E-state index contributed by atoms with van der Waals surface area (Å²) in [5.41, 5.74) is 21.9. The quantitative estimate of drug-likeness (QED) is 0.0333. The molecule has 2 rings (SSSR count). The lowest BCUT2D eigenvalue weighted by Gasteiger charge is -2.27. The van der Waals surface area contributed by atoms with E-state index >= 15 is 0 Å². The molecule has 0 aliphatic carbocycles. The molecule has 10 amide bonds. The molecule has 0 aromatic heterocycles. The number of nitrogens with zero attached hydrogens (tertiary/aromatic N) is 2. The smallest absolute Gasteiger partial charge is 0.305 e. The molecule has 28 nitrogen and oxygen atoms in total.